The van der Waals surface area contributed by atoms with Crippen molar-refractivity contribution in [3.05, 3.63) is 34.7 Å². The summed E-state index contributed by atoms with van der Waals surface area (Å²) in [5.74, 6) is 0.0801. The number of carbonyl (C=O) groups is 1. The van der Waals surface area contributed by atoms with E-state index in [1.54, 1.807) is 9.13 Å². The van der Waals surface area contributed by atoms with Crippen molar-refractivity contribution in [2.24, 2.45) is 0 Å². The lowest BCUT2D eigenvalue weighted by Gasteiger charge is -2.00. The minimum atomic E-state index is -0.0835. The molecule has 2 rings (SSSR count). The van der Waals surface area contributed by atoms with E-state index in [1.165, 1.54) is 0 Å². The number of nitrogens with zero attached hydrogens (tertiary/aromatic N) is 2. The zero-order chi connectivity index (χ0) is 13.1. The van der Waals surface area contributed by atoms with E-state index in [-0.39, 0.29) is 18.0 Å². The van der Waals surface area contributed by atoms with Crippen molar-refractivity contribution < 1.29 is 4.79 Å². The number of ketones is 1. The highest BCUT2D eigenvalue weighted by molar-refractivity contribution is 5.82. The van der Waals surface area contributed by atoms with Gasteiger partial charge in [-0.15, -0.1) is 0 Å². The van der Waals surface area contributed by atoms with Gasteiger partial charge in [-0.2, -0.15) is 0 Å². The first-order valence-corrected chi connectivity index (χ1v) is 6.38. The number of benzene rings is 1. The third kappa shape index (κ3) is 2.10. The van der Waals surface area contributed by atoms with E-state index in [2.05, 4.69) is 0 Å². The number of aryl methyl sites for hydroxylation is 1. The summed E-state index contributed by atoms with van der Waals surface area (Å²) >= 11 is 0. The van der Waals surface area contributed by atoms with Gasteiger partial charge in [-0.05, 0) is 18.6 Å². The van der Waals surface area contributed by atoms with Crippen LogP contribution in [-0.4, -0.2) is 14.9 Å². The van der Waals surface area contributed by atoms with E-state index in [0.29, 0.717) is 13.0 Å². The van der Waals surface area contributed by atoms with Gasteiger partial charge in [0.2, 0.25) is 0 Å². The van der Waals surface area contributed by atoms with Crippen LogP contribution in [0.2, 0.25) is 0 Å². The van der Waals surface area contributed by atoms with E-state index >= 15 is 0 Å². The highest BCUT2D eigenvalue weighted by Gasteiger charge is 2.13. The van der Waals surface area contributed by atoms with Gasteiger partial charge in [0.25, 0.3) is 0 Å². The van der Waals surface area contributed by atoms with E-state index in [4.69, 9.17) is 0 Å². The number of hydrogen-bond donors (Lipinski definition) is 0. The Kier molecular flexibility index (Phi) is 3.65. The van der Waals surface area contributed by atoms with Crippen LogP contribution in [0.4, 0.5) is 0 Å². The average Bonchev–Trinajstić information content (AvgIpc) is 2.65. The molecule has 0 radical (unpaired) electrons. The minimum absolute atomic E-state index is 0.0801. The molecule has 18 heavy (non-hydrogen) atoms. The Morgan fingerprint density at radius 3 is 2.28 bits per heavy atom. The van der Waals surface area contributed by atoms with Crippen LogP contribution in [0.3, 0.4) is 0 Å². The Morgan fingerprint density at radius 2 is 1.72 bits per heavy atom. The number of carbonyl (C=O) groups excluding carboxylic acids is 1. The standard InChI is InChI=1S/C14H18N2O2/c1-3-9-15-12-7-5-6-8-13(12)16(14(15)18)10-11(17)4-2/h5-8H,3-4,9-10H2,1-2H3. The lowest BCUT2D eigenvalue weighted by Crippen LogP contribution is -2.26. The van der Waals surface area contributed by atoms with E-state index < -0.39 is 0 Å². The summed E-state index contributed by atoms with van der Waals surface area (Å²) in [4.78, 5) is 23.9. The quantitative estimate of drug-likeness (QED) is 0.811. The molecule has 1 heterocycles. The van der Waals surface area contributed by atoms with E-state index in [0.717, 1.165) is 17.5 Å². The Morgan fingerprint density at radius 1 is 1.11 bits per heavy atom. The summed E-state index contributed by atoms with van der Waals surface area (Å²) in [6.45, 7) is 4.72. The molecule has 0 fully saturated rings. The smallest absolute Gasteiger partial charge is 0.298 e. The van der Waals surface area contributed by atoms with Crippen molar-refractivity contribution in [2.75, 3.05) is 0 Å². The third-order valence-electron chi connectivity index (χ3n) is 3.10. The van der Waals surface area contributed by atoms with Gasteiger partial charge in [-0.1, -0.05) is 26.0 Å². The van der Waals surface area contributed by atoms with Crippen LogP contribution in [0.5, 0.6) is 0 Å². The van der Waals surface area contributed by atoms with Gasteiger partial charge in [-0.3, -0.25) is 13.9 Å². The Bertz CT molecular complexity index is 622. The zero-order valence-corrected chi connectivity index (χ0v) is 10.8. The Hall–Kier alpha value is -1.84. The normalized spacial score (nSPS) is 11.0. The Balaban J connectivity index is 2.61. The molecule has 4 heteroatoms. The largest absolute Gasteiger partial charge is 0.329 e. The van der Waals surface area contributed by atoms with Crippen molar-refractivity contribution in [3.63, 3.8) is 0 Å². The van der Waals surface area contributed by atoms with Gasteiger partial charge in [0.05, 0.1) is 17.6 Å². The SMILES string of the molecule is CCCn1c(=O)n(CC(=O)CC)c2ccccc21. The van der Waals surface area contributed by atoms with Gasteiger partial charge in [0, 0.05) is 13.0 Å². The van der Waals surface area contributed by atoms with Gasteiger partial charge in [-0.25, -0.2) is 4.79 Å². The monoisotopic (exact) mass is 246 g/mol. The lowest BCUT2D eigenvalue weighted by molar-refractivity contribution is -0.119. The molecule has 2 aromatic rings. The molecule has 0 saturated heterocycles. The molecule has 4 nitrogen and oxygen atoms in total. The number of imidazole rings is 1. The molecule has 1 aromatic carbocycles. The fourth-order valence-electron chi connectivity index (χ4n) is 2.15. The molecule has 0 bridgehead atoms. The molecule has 0 aliphatic rings. The van der Waals surface area contributed by atoms with Crippen LogP contribution in [0.15, 0.2) is 29.1 Å². The fourth-order valence-corrected chi connectivity index (χ4v) is 2.15. The van der Waals surface area contributed by atoms with Crippen molar-refractivity contribution in [1.82, 2.24) is 9.13 Å². The molecule has 0 N–H and O–H groups in total. The van der Waals surface area contributed by atoms with Crippen molar-refractivity contribution >= 4 is 16.8 Å². The van der Waals surface area contributed by atoms with Gasteiger partial charge in [0.1, 0.15) is 0 Å². The van der Waals surface area contributed by atoms with Crippen LogP contribution in [-0.2, 0) is 17.9 Å². The van der Waals surface area contributed by atoms with Gasteiger partial charge in [0.15, 0.2) is 5.78 Å². The number of fused-ring (bicyclic) bond motifs is 1. The molecule has 0 unspecified atom stereocenters. The number of para-hydroxylation sites is 2. The topological polar surface area (TPSA) is 44.0 Å². The van der Waals surface area contributed by atoms with Crippen LogP contribution < -0.4 is 5.69 Å². The number of rotatable bonds is 5. The molecular formula is C14H18N2O2. The van der Waals surface area contributed by atoms with Crippen molar-refractivity contribution in [1.29, 1.82) is 0 Å². The first-order chi connectivity index (χ1) is 8.69. The van der Waals surface area contributed by atoms with Crippen LogP contribution >= 0.6 is 0 Å². The van der Waals surface area contributed by atoms with Crippen molar-refractivity contribution in [2.45, 2.75) is 39.8 Å². The molecule has 0 spiro atoms. The zero-order valence-electron chi connectivity index (χ0n) is 10.8. The lowest BCUT2D eigenvalue weighted by atomic mass is 10.3. The van der Waals surface area contributed by atoms with E-state index in [1.807, 2.05) is 38.1 Å². The van der Waals surface area contributed by atoms with E-state index in [9.17, 15) is 9.59 Å². The van der Waals surface area contributed by atoms with Gasteiger partial charge >= 0.3 is 5.69 Å². The summed E-state index contributed by atoms with van der Waals surface area (Å²) in [6.07, 6.45) is 1.36. The molecule has 96 valence electrons. The molecule has 0 aliphatic carbocycles. The highest BCUT2D eigenvalue weighted by Crippen LogP contribution is 2.13. The first kappa shape index (κ1) is 12.6. The summed E-state index contributed by atoms with van der Waals surface area (Å²) in [5, 5.41) is 0. The Labute approximate surface area is 106 Å². The predicted octanol–water partition coefficient (Wildman–Crippen LogP) is 2.19. The summed E-state index contributed by atoms with van der Waals surface area (Å²) < 4.78 is 3.33. The van der Waals surface area contributed by atoms with Crippen molar-refractivity contribution in [3.8, 4) is 0 Å². The molecule has 0 aliphatic heterocycles. The van der Waals surface area contributed by atoms with Gasteiger partial charge < -0.3 is 0 Å². The molecule has 0 atom stereocenters. The number of Topliss-reactive ketones (excluding diaryl/α,β-unsaturated/α-hetero) is 1. The average molecular weight is 246 g/mol. The molecular weight excluding hydrogens is 228 g/mol. The van der Waals surface area contributed by atoms with Crippen LogP contribution in [0.1, 0.15) is 26.7 Å². The number of aromatic nitrogens is 2. The van der Waals surface area contributed by atoms with Crippen LogP contribution in [0, 0.1) is 0 Å². The molecule has 1 aromatic heterocycles. The second-order valence-corrected chi connectivity index (χ2v) is 4.40. The summed E-state index contributed by atoms with van der Waals surface area (Å²) in [5.41, 5.74) is 1.67. The summed E-state index contributed by atoms with van der Waals surface area (Å²) in [6, 6.07) is 7.63. The number of hydrogen-bond acceptors (Lipinski definition) is 2. The predicted molar refractivity (Wildman–Crippen MR) is 71.8 cm³/mol. The van der Waals surface area contributed by atoms with Crippen LogP contribution in [0.25, 0.3) is 11.0 Å². The maximum absolute atomic E-state index is 12.3. The maximum atomic E-state index is 12.3. The molecule has 0 amide bonds. The fraction of sp³-hybridized carbons (Fsp3) is 0.429. The first-order valence-electron chi connectivity index (χ1n) is 6.38. The highest BCUT2D eigenvalue weighted by atomic mass is 16.2. The second kappa shape index (κ2) is 5.21. The minimum Gasteiger partial charge on any atom is -0.298 e. The summed E-state index contributed by atoms with van der Waals surface area (Å²) in [7, 11) is 0. The second-order valence-electron chi connectivity index (χ2n) is 4.40. The maximum Gasteiger partial charge on any atom is 0.329 e. The third-order valence-corrected chi connectivity index (χ3v) is 3.10. The molecule has 0 saturated carbocycles.